The second-order valence-electron chi connectivity index (χ2n) is 6.26. The minimum Gasteiger partial charge on any atom is -0.492 e. The maximum Gasteiger partial charge on any atom is 0.325 e. The van der Waals surface area contributed by atoms with Gasteiger partial charge >= 0.3 is 5.97 Å². The summed E-state index contributed by atoms with van der Waals surface area (Å²) < 4.78 is 23.8. The number of nitrogens with one attached hydrogen (secondary N) is 2. The first kappa shape index (κ1) is 19.3. The number of benzene rings is 2. The molecule has 0 saturated heterocycles. The molecule has 0 aliphatic carbocycles. The van der Waals surface area contributed by atoms with Gasteiger partial charge < -0.3 is 20.1 Å². The van der Waals surface area contributed by atoms with Gasteiger partial charge in [0.25, 0.3) is 5.91 Å². The second-order valence-corrected chi connectivity index (χ2v) is 6.26. The van der Waals surface area contributed by atoms with Crippen LogP contribution in [0, 0.1) is 11.7 Å². The SMILES string of the molecule is COC(=O)CNC(=O)C1COc2ccc(NC(=O)c3ccccc3F)cc2C1. The van der Waals surface area contributed by atoms with Gasteiger partial charge in [0, 0.05) is 5.69 Å². The molecule has 2 aromatic rings. The van der Waals surface area contributed by atoms with Crippen molar-refractivity contribution in [2.45, 2.75) is 6.42 Å². The number of amides is 2. The summed E-state index contributed by atoms with van der Waals surface area (Å²) in [5.41, 5.74) is 1.14. The van der Waals surface area contributed by atoms with Crippen molar-refractivity contribution in [3.63, 3.8) is 0 Å². The Morgan fingerprint density at radius 2 is 2.00 bits per heavy atom. The number of hydrogen-bond donors (Lipinski definition) is 2. The van der Waals surface area contributed by atoms with Crippen LogP contribution in [0.5, 0.6) is 5.75 Å². The summed E-state index contributed by atoms with van der Waals surface area (Å²) >= 11 is 0. The Morgan fingerprint density at radius 1 is 1.21 bits per heavy atom. The zero-order valence-electron chi connectivity index (χ0n) is 15.2. The van der Waals surface area contributed by atoms with E-state index in [0.717, 1.165) is 5.56 Å². The summed E-state index contributed by atoms with van der Waals surface area (Å²) in [6.45, 7) is -0.0294. The number of hydrogen-bond acceptors (Lipinski definition) is 5. The molecule has 1 aliphatic rings. The van der Waals surface area contributed by atoms with Crippen LogP contribution in [0.1, 0.15) is 15.9 Å². The summed E-state index contributed by atoms with van der Waals surface area (Å²) in [5.74, 6) is -1.90. The highest BCUT2D eigenvalue weighted by Crippen LogP contribution is 2.30. The van der Waals surface area contributed by atoms with Crippen molar-refractivity contribution in [2.75, 3.05) is 25.6 Å². The van der Waals surface area contributed by atoms with Gasteiger partial charge in [-0.05, 0) is 42.3 Å². The summed E-state index contributed by atoms with van der Waals surface area (Å²) in [6.07, 6.45) is 0.381. The summed E-state index contributed by atoms with van der Waals surface area (Å²) in [4.78, 5) is 35.6. The molecule has 0 radical (unpaired) electrons. The number of ether oxygens (including phenoxy) is 2. The molecule has 3 rings (SSSR count). The van der Waals surface area contributed by atoms with Crippen LogP contribution in [-0.2, 0) is 20.7 Å². The van der Waals surface area contributed by atoms with Gasteiger partial charge in [-0.25, -0.2) is 4.39 Å². The van der Waals surface area contributed by atoms with Crippen LogP contribution < -0.4 is 15.4 Å². The van der Waals surface area contributed by atoms with E-state index >= 15 is 0 Å². The maximum atomic E-state index is 13.8. The third-order valence-corrected chi connectivity index (χ3v) is 4.35. The number of rotatable bonds is 5. The second kappa shape index (κ2) is 8.51. The fourth-order valence-corrected chi connectivity index (χ4v) is 2.86. The first-order valence-electron chi connectivity index (χ1n) is 8.64. The fraction of sp³-hybridized carbons (Fsp3) is 0.250. The number of methoxy groups -OCH3 is 1. The van der Waals surface area contributed by atoms with Crippen LogP contribution in [0.15, 0.2) is 42.5 Å². The van der Waals surface area contributed by atoms with Crippen molar-refractivity contribution in [1.29, 1.82) is 0 Å². The number of esters is 1. The van der Waals surface area contributed by atoms with E-state index in [4.69, 9.17) is 4.74 Å². The van der Waals surface area contributed by atoms with Gasteiger partial charge in [-0.15, -0.1) is 0 Å². The molecule has 146 valence electrons. The van der Waals surface area contributed by atoms with Crippen LogP contribution in [0.2, 0.25) is 0 Å². The van der Waals surface area contributed by atoms with E-state index in [1.165, 1.54) is 25.3 Å². The molecule has 2 amide bonds. The molecule has 1 heterocycles. The number of carbonyl (C=O) groups excluding carboxylic acids is 3. The third-order valence-electron chi connectivity index (χ3n) is 4.35. The lowest BCUT2D eigenvalue weighted by molar-refractivity contribution is -0.141. The quantitative estimate of drug-likeness (QED) is 0.766. The Bertz CT molecular complexity index is 915. The molecular weight excluding hydrogens is 367 g/mol. The Morgan fingerprint density at radius 3 is 2.75 bits per heavy atom. The highest BCUT2D eigenvalue weighted by molar-refractivity contribution is 6.04. The predicted octanol–water partition coefficient (Wildman–Crippen LogP) is 1.92. The lowest BCUT2D eigenvalue weighted by atomic mass is 9.95. The van der Waals surface area contributed by atoms with Gasteiger partial charge in [0.2, 0.25) is 5.91 Å². The first-order chi connectivity index (χ1) is 13.5. The van der Waals surface area contributed by atoms with Gasteiger partial charge in [0.15, 0.2) is 0 Å². The van der Waals surface area contributed by atoms with E-state index in [1.807, 2.05) is 0 Å². The summed E-state index contributed by atoms with van der Waals surface area (Å²) in [6, 6.07) is 10.7. The van der Waals surface area contributed by atoms with Gasteiger partial charge in [-0.2, -0.15) is 0 Å². The highest BCUT2D eigenvalue weighted by atomic mass is 19.1. The summed E-state index contributed by atoms with van der Waals surface area (Å²) in [7, 11) is 1.24. The zero-order valence-corrected chi connectivity index (χ0v) is 15.2. The van der Waals surface area contributed by atoms with Gasteiger partial charge in [0.1, 0.15) is 24.7 Å². The molecule has 1 atom stereocenters. The van der Waals surface area contributed by atoms with Crippen molar-refractivity contribution >= 4 is 23.5 Å². The third kappa shape index (κ3) is 4.46. The Balaban J connectivity index is 1.67. The fourth-order valence-electron chi connectivity index (χ4n) is 2.86. The van der Waals surface area contributed by atoms with E-state index in [0.29, 0.717) is 17.9 Å². The molecule has 0 spiro atoms. The molecule has 1 unspecified atom stereocenters. The minimum atomic E-state index is -0.608. The average molecular weight is 386 g/mol. The van der Waals surface area contributed by atoms with Gasteiger partial charge in [0.05, 0.1) is 18.6 Å². The summed E-state index contributed by atoms with van der Waals surface area (Å²) in [5, 5.41) is 5.15. The molecular formula is C20H19FN2O5. The first-order valence-corrected chi connectivity index (χ1v) is 8.64. The van der Waals surface area contributed by atoms with Crippen molar-refractivity contribution < 1.29 is 28.2 Å². The largest absolute Gasteiger partial charge is 0.492 e. The lowest BCUT2D eigenvalue weighted by Crippen LogP contribution is -2.39. The molecule has 0 aromatic heterocycles. The molecule has 8 heteroatoms. The highest BCUT2D eigenvalue weighted by Gasteiger charge is 2.26. The molecule has 2 aromatic carbocycles. The molecule has 0 saturated carbocycles. The normalized spacial score (nSPS) is 15.0. The average Bonchev–Trinajstić information content (AvgIpc) is 2.71. The van der Waals surface area contributed by atoms with Crippen molar-refractivity contribution in [2.24, 2.45) is 5.92 Å². The maximum absolute atomic E-state index is 13.8. The molecule has 0 bridgehead atoms. The monoisotopic (exact) mass is 386 g/mol. The van der Waals surface area contributed by atoms with E-state index in [9.17, 15) is 18.8 Å². The minimum absolute atomic E-state index is 0.0588. The Kier molecular flexibility index (Phi) is 5.88. The van der Waals surface area contributed by atoms with Gasteiger partial charge in [-0.1, -0.05) is 12.1 Å². The smallest absolute Gasteiger partial charge is 0.325 e. The van der Waals surface area contributed by atoms with Crippen molar-refractivity contribution in [3.8, 4) is 5.75 Å². The Labute approximate surface area is 160 Å². The van der Waals surface area contributed by atoms with Crippen molar-refractivity contribution in [3.05, 3.63) is 59.4 Å². The molecule has 28 heavy (non-hydrogen) atoms. The van der Waals surface area contributed by atoms with E-state index in [2.05, 4.69) is 15.4 Å². The molecule has 2 N–H and O–H groups in total. The number of fused-ring (bicyclic) bond motifs is 1. The molecule has 1 aliphatic heterocycles. The van der Waals surface area contributed by atoms with E-state index in [-0.39, 0.29) is 24.6 Å². The lowest BCUT2D eigenvalue weighted by Gasteiger charge is -2.25. The topological polar surface area (TPSA) is 93.7 Å². The molecule has 0 fully saturated rings. The zero-order chi connectivity index (χ0) is 20.1. The molecule has 7 nitrogen and oxygen atoms in total. The number of anilines is 1. The van der Waals surface area contributed by atoms with Crippen LogP contribution in [0.3, 0.4) is 0 Å². The standard InChI is InChI=1S/C20H19FN2O5/c1-27-18(24)10-22-19(25)13-8-12-9-14(6-7-17(12)28-11-13)23-20(26)15-4-2-3-5-16(15)21/h2-7,9,13H,8,10-11H2,1H3,(H,22,25)(H,23,26). The van der Waals surface area contributed by atoms with Crippen LogP contribution >= 0.6 is 0 Å². The number of halogens is 1. The van der Waals surface area contributed by atoms with E-state index < -0.39 is 23.6 Å². The van der Waals surface area contributed by atoms with Gasteiger partial charge in [-0.3, -0.25) is 14.4 Å². The predicted molar refractivity (Wildman–Crippen MR) is 98.5 cm³/mol. The Hall–Kier alpha value is -3.42. The van der Waals surface area contributed by atoms with Crippen LogP contribution in [0.4, 0.5) is 10.1 Å². The van der Waals surface area contributed by atoms with Crippen LogP contribution in [0.25, 0.3) is 0 Å². The van der Waals surface area contributed by atoms with Crippen LogP contribution in [-0.4, -0.2) is 38.0 Å². The van der Waals surface area contributed by atoms with Crippen molar-refractivity contribution in [1.82, 2.24) is 5.32 Å². The van der Waals surface area contributed by atoms with E-state index in [1.54, 1.807) is 24.3 Å². The number of carbonyl (C=O) groups is 3.